The minimum absolute atomic E-state index is 0.0398. The predicted molar refractivity (Wildman–Crippen MR) is 141 cm³/mol. The van der Waals surface area contributed by atoms with Gasteiger partial charge in [0, 0.05) is 36.3 Å². The Hall–Kier alpha value is -4.75. The number of hydrogen-bond acceptors (Lipinski definition) is 8. The van der Waals surface area contributed by atoms with E-state index in [-0.39, 0.29) is 6.54 Å². The van der Waals surface area contributed by atoms with Crippen molar-refractivity contribution in [1.82, 2.24) is 39.8 Å². The van der Waals surface area contributed by atoms with Crippen LogP contribution >= 0.6 is 0 Å². The van der Waals surface area contributed by atoms with E-state index in [1.165, 1.54) is 12.1 Å². The number of pyridine rings is 3. The van der Waals surface area contributed by atoms with Gasteiger partial charge in [-0.05, 0) is 53.6 Å². The molecule has 0 aliphatic carbocycles. The van der Waals surface area contributed by atoms with E-state index in [2.05, 4.69) is 34.9 Å². The van der Waals surface area contributed by atoms with Gasteiger partial charge in [0.1, 0.15) is 11.3 Å². The maximum Gasteiger partial charge on any atom is 0.209 e. The quantitative estimate of drug-likeness (QED) is 0.254. The number of benzene rings is 1. The molecule has 0 aliphatic rings. The molecule has 38 heavy (non-hydrogen) atoms. The summed E-state index contributed by atoms with van der Waals surface area (Å²) in [6.45, 7) is -0.0398. The summed E-state index contributed by atoms with van der Waals surface area (Å²) in [5, 5.41) is 7.39. The predicted octanol–water partition coefficient (Wildman–Crippen LogP) is 3.40. The largest absolute Gasteiger partial charge is 0.397 e. The van der Waals surface area contributed by atoms with E-state index in [0.29, 0.717) is 61.8 Å². The molecule has 13 heteroatoms. The molecule has 0 saturated heterocycles. The molecule has 1 aromatic carbocycles. The number of aromatic nitrogens is 7. The van der Waals surface area contributed by atoms with Crippen molar-refractivity contribution >= 4 is 37.9 Å². The molecular formula is C25H20FN9O2S. The molecule has 0 spiro atoms. The monoisotopic (exact) mass is 529 g/mol. The Labute approximate surface area is 215 Å². The van der Waals surface area contributed by atoms with Crippen LogP contribution < -0.4 is 10.5 Å². The smallest absolute Gasteiger partial charge is 0.209 e. The first-order valence-electron chi connectivity index (χ1n) is 11.4. The molecule has 0 unspecified atom stereocenters. The molecule has 5 N–H and O–H groups in total. The molecule has 5 heterocycles. The Balaban J connectivity index is 1.43. The zero-order valence-corrected chi connectivity index (χ0v) is 20.7. The zero-order chi connectivity index (χ0) is 26.4. The maximum atomic E-state index is 14.5. The zero-order valence-electron chi connectivity index (χ0n) is 19.9. The Bertz CT molecular complexity index is 1950. The van der Waals surface area contributed by atoms with Crippen LogP contribution in [0.1, 0.15) is 5.56 Å². The minimum Gasteiger partial charge on any atom is -0.397 e. The number of halogens is 1. The fourth-order valence-electron chi connectivity index (χ4n) is 4.21. The van der Waals surface area contributed by atoms with Crippen molar-refractivity contribution in [2.24, 2.45) is 0 Å². The lowest BCUT2D eigenvalue weighted by atomic mass is 10.0. The summed E-state index contributed by atoms with van der Waals surface area (Å²) < 4.78 is 39.9. The van der Waals surface area contributed by atoms with Crippen LogP contribution in [-0.2, 0) is 16.6 Å². The van der Waals surface area contributed by atoms with Gasteiger partial charge >= 0.3 is 0 Å². The van der Waals surface area contributed by atoms with Gasteiger partial charge in [-0.1, -0.05) is 0 Å². The molecule has 0 aliphatic heterocycles. The highest BCUT2D eigenvalue weighted by atomic mass is 32.2. The Kier molecular flexibility index (Phi) is 5.58. The minimum atomic E-state index is -3.43. The number of hydrogen-bond donors (Lipinski definition) is 4. The first-order chi connectivity index (χ1) is 18.2. The van der Waals surface area contributed by atoms with Crippen LogP contribution in [0.15, 0.2) is 61.1 Å². The van der Waals surface area contributed by atoms with Gasteiger partial charge in [-0.15, -0.1) is 0 Å². The van der Waals surface area contributed by atoms with Crippen molar-refractivity contribution in [3.05, 3.63) is 72.4 Å². The maximum absolute atomic E-state index is 14.5. The molecule has 11 nitrogen and oxygen atoms in total. The number of H-pyrrole nitrogens is 2. The van der Waals surface area contributed by atoms with Crippen LogP contribution in [0.4, 0.5) is 10.1 Å². The van der Waals surface area contributed by atoms with E-state index in [9.17, 15) is 12.8 Å². The molecule has 0 bridgehead atoms. The Morgan fingerprint density at radius 3 is 2.74 bits per heavy atom. The van der Waals surface area contributed by atoms with Crippen molar-refractivity contribution in [1.29, 1.82) is 0 Å². The van der Waals surface area contributed by atoms with Gasteiger partial charge in [-0.25, -0.2) is 32.5 Å². The number of nitrogens with one attached hydrogen (secondary N) is 3. The number of sulfonamides is 1. The average Bonchev–Trinajstić information content (AvgIpc) is 3.50. The number of nitrogens with two attached hydrogens (primary N) is 1. The molecule has 6 rings (SSSR count). The Morgan fingerprint density at radius 2 is 1.92 bits per heavy atom. The highest BCUT2D eigenvalue weighted by Crippen LogP contribution is 2.32. The second-order valence-corrected chi connectivity index (χ2v) is 10.6. The summed E-state index contributed by atoms with van der Waals surface area (Å²) in [6.07, 6.45) is 5.87. The first kappa shape index (κ1) is 23.6. The van der Waals surface area contributed by atoms with Gasteiger partial charge in [-0.3, -0.25) is 10.1 Å². The molecule has 5 aromatic heterocycles. The van der Waals surface area contributed by atoms with Gasteiger partial charge in [0.2, 0.25) is 10.0 Å². The summed E-state index contributed by atoms with van der Waals surface area (Å²) >= 11 is 0. The molecule has 0 radical (unpaired) electrons. The summed E-state index contributed by atoms with van der Waals surface area (Å²) in [5.74, 6) is -0.0690. The fraction of sp³-hybridized carbons (Fsp3) is 0.0800. The van der Waals surface area contributed by atoms with E-state index < -0.39 is 15.8 Å². The number of imidazole rings is 1. The topological polar surface area (TPSA) is 168 Å². The molecular weight excluding hydrogens is 509 g/mol. The summed E-state index contributed by atoms with van der Waals surface area (Å²) in [6, 6.07) is 11.6. The van der Waals surface area contributed by atoms with Crippen molar-refractivity contribution in [2.75, 3.05) is 12.0 Å². The third kappa shape index (κ3) is 4.55. The average molecular weight is 530 g/mol. The van der Waals surface area contributed by atoms with Gasteiger partial charge in [0.05, 0.1) is 28.7 Å². The van der Waals surface area contributed by atoms with Crippen molar-refractivity contribution < 1.29 is 12.8 Å². The summed E-state index contributed by atoms with van der Waals surface area (Å²) in [7, 11) is -3.43. The lowest BCUT2D eigenvalue weighted by molar-refractivity contribution is 0.586. The first-order valence-corrected chi connectivity index (χ1v) is 13.3. The Morgan fingerprint density at radius 1 is 1.05 bits per heavy atom. The summed E-state index contributed by atoms with van der Waals surface area (Å²) in [5.41, 5.74) is 12.3. The van der Waals surface area contributed by atoms with E-state index in [4.69, 9.17) is 10.7 Å². The number of nitrogen functional groups attached to an aromatic ring is 1. The van der Waals surface area contributed by atoms with E-state index in [1.807, 2.05) is 12.1 Å². The van der Waals surface area contributed by atoms with E-state index in [1.54, 1.807) is 36.8 Å². The van der Waals surface area contributed by atoms with Gasteiger partial charge < -0.3 is 10.7 Å². The molecule has 0 fully saturated rings. The standard InChI is InChI=1S/C25H20FN9O2S/c1-38(36,37)30-10-13-6-14(8-16(26)7-13)18-4-5-29-24-21(18)32-25(33-24)23-22-20(34-35-23)3-2-19(31-22)15-9-17(27)12-28-11-15/h2-9,11-12,30H,10,27H2,1H3,(H,34,35)(H,29,32,33). The van der Waals surface area contributed by atoms with Crippen molar-refractivity contribution in [3.63, 3.8) is 0 Å². The van der Waals surface area contributed by atoms with Crippen molar-refractivity contribution in [3.8, 4) is 33.9 Å². The van der Waals surface area contributed by atoms with Crippen LogP contribution in [0.25, 0.3) is 56.1 Å². The highest BCUT2D eigenvalue weighted by molar-refractivity contribution is 7.88. The second kappa shape index (κ2) is 8.97. The van der Waals surface area contributed by atoms with Gasteiger partial charge in [-0.2, -0.15) is 5.10 Å². The van der Waals surface area contributed by atoms with E-state index >= 15 is 0 Å². The number of anilines is 1. The van der Waals surface area contributed by atoms with Gasteiger partial charge in [0.25, 0.3) is 0 Å². The number of aromatic amines is 2. The van der Waals surface area contributed by atoms with Crippen LogP contribution in [0.2, 0.25) is 0 Å². The lowest BCUT2D eigenvalue weighted by Gasteiger charge is -2.08. The molecule has 0 amide bonds. The molecule has 6 aromatic rings. The normalized spacial score (nSPS) is 11.9. The fourth-order valence-corrected chi connectivity index (χ4v) is 4.64. The van der Waals surface area contributed by atoms with Crippen LogP contribution in [0.5, 0.6) is 0 Å². The lowest BCUT2D eigenvalue weighted by Crippen LogP contribution is -2.21. The van der Waals surface area contributed by atoms with Crippen LogP contribution in [-0.4, -0.2) is 49.8 Å². The summed E-state index contributed by atoms with van der Waals surface area (Å²) in [4.78, 5) is 21.1. The molecule has 0 atom stereocenters. The second-order valence-electron chi connectivity index (χ2n) is 8.76. The SMILES string of the molecule is CS(=O)(=O)NCc1cc(F)cc(-c2ccnc3nc(-c4n[nH]c5ccc(-c6cncc(N)c6)nc45)[nH]c23)c1. The molecule has 0 saturated carbocycles. The van der Waals surface area contributed by atoms with E-state index in [0.717, 1.165) is 11.8 Å². The number of fused-ring (bicyclic) bond motifs is 2. The third-order valence-electron chi connectivity index (χ3n) is 5.89. The number of rotatable bonds is 6. The van der Waals surface area contributed by atoms with Crippen LogP contribution in [0.3, 0.4) is 0 Å². The van der Waals surface area contributed by atoms with Crippen LogP contribution in [0, 0.1) is 5.82 Å². The van der Waals surface area contributed by atoms with Crippen molar-refractivity contribution in [2.45, 2.75) is 6.54 Å². The molecule has 190 valence electrons. The highest BCUT2D eigenvalue weighted by Gasteiger charge is 2.18. The van der Waals surface area contributed by atoms with Gasteiger partial charge in [0.15, 0.2) is 17.2 Å². The number of nitrogens with zero attached hydrogens (tertiary/aromatic N) is 5. The third-order valence-corrected chi connectivity index (χ3v) is 6.56.